The Hall–Kier alpha value is -2.85. The van der Waals surface area contributed by atoms with Crippen LogP contribution in [-0.2, 0) is 4.74 Å². The van der Waals surface area contributed by atoms with Crippen molar-refractivity contribution >= 4 is 0 Å². The SMILES string of the molecule is CC=CC1CCC(c2ccc(-c3ccc(-c4ccc(C)c(F)c4F)cc3)cc2F)CO1. The van der Waals surface area contributed by atoms with E-state index in [4.69, 9.17) is 4.74 Å². The van der Waals surface area contributed by atoms with Crippen molar-refractivity contribution in [1.82, 2.24) is 0 Å². The van der Waals surface area contributed by atoms with Gasteiger partial charge in [0.15, 0.2) is 11.6 Å². The molecule has 1 fully saturated rings. The van der Waals surface area contributed by atoms with E-state index in [0.717, 1.165) is 24.0 Å². The fourth-order valence-electron chi connectivity index (χ4n) is 4.13. The van der Waals surface area contributed by atoms with Crippen LogP contribution < -0.4 is 0 Å². The van der Waals surface area contributed by atoms with Crippen molar-refractivity contribution in [3.05, 3.63) is 95.3 Å². The third-order valence-electron chi connectivity index (χ3n) is 5.96. The third kappa shape index (κ3) is 4.45. The Kier molecular flexibility index (Phi) is 6.28. The van der Waals surface area contributed by atoms with E-state index < -0.39 is 11.6 Å². The largest absolute Gasteiger partial charge is 0.374 e. The first kappa shape index (κ1) is 21.4. The number of rotatable bonds is 4. The van der Waals surface area contributed by atoms with Crippen LogP contribution in [0.25, 0.3) is 22.3 Å². The number of hydrogen-bond donors (Lipinski definition) is 0. The van der Waals surface area contributed by atoms with Gasteiger partial charge in [-0.3, -0.25) is 0 Å². The molecule has 0 bridgehead atoms. The topological polar surface area (TPSA) is 9.23 Å². The maximum Gasteiger partial charge on any atom is 0.166 e. The van der Waals surface area contributed by atoms with Gasteiger partial charge in [0.05, 0.1) is 12.7 Å². The summed E-state index contributed by atoms with van der Waals surface area (Å²) in [5, 5.41) is 0. The lowest BCUT2D eigenvalue weighted by Gasteiger charge is -2.28. The van der Waals surface area contributed by atoms with Gasteiger partial charge in [0, 0.05) is 11.5 Å². The minimum atomic E-state index is -0.852. The van der Waals surface area contributed by atoms with E-state index in [1.807, 2.05) is 31.2 Å². The molecule has 0 spiro atoms. The summed E-state index contributed by atoms with van der Waals surface area (Å²) in [5.41, 5.74) is 3.30. The molecule has 0 amide bonds. The first-order chi connectivity index (χ1) is 15.0. The quantitative estimate of drug-likeness (QED) is 0.394. The molecule has 2 atom stereocenters. The standard InChI is InChI=1S/C27H25F3O/c1-3-4-22-12-10-21(16-31-22)23-14-11-20(15-25(23)28)18-6-8-19(9-7-18)24-13-5-17(2)26(29)27(24)30/h3-9,11,13-15,21-22H,10,12,16H2,1-2H3. The maximum atomic E-state index is 14.9. The Morgan fingerprint density at radius 1 is 0.839 bits per heavy atom. The van der Waals surface area contributed by atoms with Crippen molar-refractivity contribution in [2.45, 2.75) is 38.7 Å². The van der Waals surface area contributed by atoms with Gasteiger partial charge in [0.25, 0.3) is 0 Å². The monoisotopic (exact) mass is 422 g/mol. The van der Waals surface area contributed by atoms with Crippen LogP contribution >= 0.6 is 0 Å². The van der Waals surface area contributed by atoms with Crippen molar-refractivity contribution in [2.24, 2.45) is 0 Å². The number of halogens is 3. The van der Waals surface area contributed by atoms with E-state index in [0.29, 0.717) is 17.7 Å². The van der Waals surface area contributed by atoms with Gasteiger partial charge in [-0.25, -0.2) is 13.2 Å². The molecule has 1 aliphatic rings. The van der Waals surface area contributed by atoms with E-state index >= 15 is 0 Å². The predicted octanol–water partition coefficient (Wildman–Crippen LogP) is 7.59. The van der Waals surface area contributed by atoms with E-state index in [1.165, 1.54) is 13.0 Å². The van der Waals surface area contributed by atoms with Crippen LogP contribution in [0.4, 0.5) is 13.2 Å². The van der Waals surface area contributed by atoms with E-state index in [9.17, 15) is 13.2 Å². The zero-order chi connectivity index (χ0) is 22.0. The van der Waals surface area contributed by atoms with Crippen LogP contribution in [0.3, 0.4) is 0 Å². The highest BCUT2D eigenvalue weighted by Gasteiger charge is 2.23. The molecule has 160 valence electrons. The minimum Gasteiger partial charge on any atom is -0.374 e. The molecule has 2 unspecified atom stereocenters. The summed E-state index contributed by atoms with van der Waals surface area (Å²) >= 11 is 0. The Bertz CT molecular complexity index is 1090. The molecule has 0 aliphatic carbocycles. The molecule has 31 heavy (non-hydrogen) atoms. The molecule has 0 saturated carbocycles. The summed E-state index contributed by atoms with van der Waals surface area (Å²) < 4.78 is 48.9. The lowest BCUT2D eigenvalue weighted by molar-refractivity contribution is 0.0319. The summed E-state index contributed by atoms with van der Waals surface area (Å²) in [7, 11) is 0. The molecule has 1 saturated heterocycles. The molecule has 0 N–H and O–H groups in total. The Balaban J connectivity index is 1.53. The van der Waals surface area contributed by atoms with Crippen molar-refractivity contribution in [2.75, 3.05) is 6.61 Å². The zero-order valence-corrected chi connectivity index (χ0v) is 17.7. The highest BCUT2D eigenvalue weighted by Crippen LogP contribution is 2.33. The summed E-state index contributed by atoms with van der Waals surface area (Å²) in [5.74, 6) is -1.87. The summed E-state index contributed by atoms with van der Waals surface area (Å²) in [4.78, 5) is 0. The second-order valence-electron chi connectivity index (χ2n) is 8.04. The molecule has 1 heterocycles. The Labute approximate surface area is 181 Å². The fourth-order valence-corrected chi connectivity index (χ4v) is 4.13. The van der Waals surface area contributed by atoms with Crippen molar-refractivity contribution in [1.29, 1.82) is 0 Å². The highest BCUT2D eigenvalue weighted by atomic mass is 19.2. The smallest absolute Gasteiger partial charge is 0.166 e. The number of hydrogen-bond acceptors (Lipinski definition) is 1. The number of allylic oxidation sites excluding steroid dienone is 1. The average molecular weight is 422 g/mol. The van der Waals surface area contributed by atoms with Crippen LogP contribution in [0.2, 0.25) is 0 Å². The maximum absolute atomic E-state index is 14.9. The van der Waals surface area contributed by atoms with E-state index in [1.54, 1.807) is 36.4 Å². The fraction of sp³-hybridized carbons (Fsp3) is 0.259. The average Bonchev–Trinajstić information content (AvgIpc) is 2.79. The zero-order valence-electron chi connectivity index (χ0n) is 17.7. The van der Waals surface area contributed by atoms with Gasteiger partial charge in [-0.1, -0.05) is 60.7 Å². The Morgan fingerprint density at radius 3 is 2.19 bits per heavy atom. The van der Waals surface area contributed by atoms with Gasteiger partial charge in [-0.2, -0.15) is 0 Å². The summed E-state index contributed by atoms with van der Waals surface area (Å²) in [6.07, 6.45) is 5.91. The summed E-state index contributed by atoms with van der Waals surface area (Å²) in [6, 6.07) is 15.5. The molecule has 1 aliphatic heterocycles. The number of ether oxygens (including phenoxy) is 1. The van der Waals surface area contributed by atoms with Gasteiger partial charge < -0.3 is 4.74 Å². The van der Waals surface area contributed by atoms with Crippen molar-refractivity contribution < 1.29 is 17.9 Å². The lowest BCUT2D eigenvalue weighted by atomic mass is 9.89. The molecule has 0 aromatic heterocycles. The van der Waals surface area contributed by atoms with Crippen molar-refractivity contribution in [3.63, 3.8) is 0 Å². The van der Waals surface area contributed by atoms with Crippen LogP contribution in [0, 0.1) is 24.4 Å². The van der Waals surface area contributed by atoms with Gasteiger partial charge in [0.1, 0.15) is 5.82 Å². The van der Waals surface area contributed by atoms with Crippen LogP contribution in [0.1, 0.15) is 36.8 Å². The number of benzene rings is 3. The normalized spacial score (nSPS) is 19.1. The van der Waals surface area contributed by atoms with Gasteiger partial charge in [-0.15, -0.1) is 0 Å². The molecule has 3 aromatic carbocycles. The molecule has 4 rings (SSSR count). The molecule has 3 aromatic rings. The highest BCUT2D eigenvalue weighted by molar-refractivity contribution is 5.71. The minimum absolute atomic E-state index is 0.0531. The molecular formula is C27H25F3O. The summed E-state index contributed by atoms with van der Waals surface area (Å²) in [6.45, 7) is 4.01. The first-order valence-electron chi connectivity index (χ1n) is 10.6. The van der Waals surface area contributed by atoms with E-state index in [-0.39, 0.29) is 29.0 Å². The van der Waals surface area contributed by atoms with E-state index in [2.05, 4.69) is 0 Å². The second-order valence-corrected chi connectivity index (χ2v) is 8.04. The predicted molar refractivity (Wildman–Crippen MR) is 118 cm³/mol. The van der Waals surface area contributed by atoms with Gasteiger partial charge >= 0.3 is 0 Å². The van der Waals surface area contributed by atoms with Crippen LogP contribution in [0.15, 0.2) is 66.7 Å². The third-order valence-corrected chi connectivity index (χ3v) is 5.96. The van der Waals surface area contributed by atoms with Gasteiger partial charge in [0.2, 0.25) is 0 Å². The van der Waals surface area contributed by atoms with Crippen LogP contribution in [-0.4, -0.2) is 12.7 Å². The molecule has 4 heteroatoms. The molecule has 0 radical (unpaired) electrons. The van der Waals surface area contributed by atoms with Crippen molar-refractivity contribution in [3.8, 4) is 22.3 Å². The first-order valence-corrected chi connectivity index (χ1v) is 10.6. The Morgan fingerprint density at radius 2 is 1.55 bits per heavy atom. The second kappa shape index (κ2) is 9.11. The number of aryl methyl sites for hydroxylation is 1. The molecule has 1 nitrogen and oxygen atoms in total. The molecular weight excluding hydrogens is 397 g/mol. The van der Waals surface area contributed by atoms with Crippen LogP contribution in [0.5, 0.6) is 0 Å². The van der Waals surface area contributed by atoms with Gasteiger partial charge in [-0.05, 0) is 60.6 Å². The lowest BCUT2D eigenvalue weighted by Crippen LogP contribution is -2.23.